The lowest BCUT2D eigenvalue weighted by molar-refractivity contribution is 0.0983. The second kappa shape index (κ2) is 8.80. The summed E-state index contributed by atoms with van der Waals surface area (Å²) in [4.78, 5) is 24.2. The Hall–Kier alpha value is -2.71. The lowest BCUT2D eigenvalue weighted by Crippen LogP contribution is -2.48. The molecule has 0 radical (unpaired) electrons. The second-order valence-electron chi connectivity index (χ2n) is 8.68. The molecule has 31 heavy (non-hydrogen) atoms. The number of hydrogen-bond donors (Lipinski definition) is 3. The van der Waals surface area contributed by atoms with E-state index >= 15 is 0 Å². The van der Waals surface area contributed by atoms with Crippen molar-refractivity contribution in [2.45, 2.75) is 45.7 Å². The van der Waals surface area contributed by atoms with Crippen LogP contribution >= 0.6 is 0 Å². The SMILES string of the molecule is CCNC(=O)Nc1ccc(-c2nc(N3CCOCC3C)c3c(n2)C(C)(C)NCC3)cc1. The molecule has 4 rings (SSSR count). The van der Waals surface area contributed by atoms with Crippen molar-refractivity contribution in [2.24, 2.45) is 0 Å². The maximum atomic E-state index is 11.8. The largest absolute Gasteiger partial charge is 0.377 e. The molecule has 1 unspecified atom stereocenters. The van der Waals surface area contributed by atoms with Crippen molar-refractivity contribution in [1.29, 1.82) is 0 Å². The number of anilines is 2. The van der Waals surface area contributed by atoms with Gasteiger partial charge in [-0.15, -0.1) is 0 Å². The number of hydrogen-bond acceptors (Lipinski definition) is 6. The van der Waals surface area contributed by atoms with E-state index in [-0.39, 0.29) is 17.6 Å². The zero-order valence-corrected chi connectivity index (χ0v) is 18.8. The maximum absolute atomic E-state index is 11.8. The van der Waals surface area contributed by atoms with Crippen molar-refractivity contribution in [3.8, 4) is 11.4 Å². The number of carbonyl (C=O) groups is 1. The molecule has 1 atom stereocenters. The van der Waals surface area contributed by atoms with Gasteiger partial charge >= 0.3 is 6.03 Å². The molecule has 8 nitrogen and oxygen atoms in total. The third-order valence-corrected chi connectivity index (χ3v) is 5.90. The van der Waals surface area contributed by atoms with Gasteiger partial charge in [0.15, 0.2) is 5.82 Å². The van der Waals surface area contributed by atoms with Crippen LogP contribution in [0.3, 0.4) is 0 Å². The Morgan fingerprint density at radius 2 is 2.06 bits per heavy atom. The van der Waals surface area contributed by atoms with Gasteiger partial charge in [0.25, 0.3) is 0 Å². The molecule has 1 saturated heterocycles. The average Bonchev–Trinajstić information content (AvgIpc) is 2.74. The van der Waals surface area contributed by atoms with Gasteiger partial charge in [0.05, 0.1) is 30.5 Å². The Bertz CT molecular complexity index is 944. The van der Waals surface area contributed by atoms with Crippen molar-refractivity contribution >= 4 is 17.5 Å². The number of nitrogens with zero attached hydrogens (tertiary/aromatic N) is 3. The van der Waals surface area contributed by atoms with Crippen LogP contribution in [-0.4, -0.2) is 54.9 Å². The topological polar surface area (TPSA) is 91.4 Å². The van der Waals surface area contributed by atoms with Crippen LogP contribution in [0.25, 0.3) is 11.4 Å². The van der Waals surface area contributed by atoms with Gasteiger partial charge in [-0.25, -0.2) is 14.8 Å². The van der Waals surface area contributed by atoms with E-state index < -0.39 is 0 Å². The van der Waals surface area contributed by atoms with E-state index in [4.69, 9.17) is 14.7 Å². The number of amides is 2. The van der Waals surface area contributed by atoms with E-state index in [1.54, 1.807) is 0 Å². The summed E-state index contributed by atoms with van der Waals surface area (Å²) in [6.45, 7) is 12.2. The Balaban J connectivity index is 1.73. The minimum Gasteiger partial charge on any atom is -0.377 e. The molecule has 3 N–H and O–H groups in total. The molecule has 3 heterocycles. The summed E-state index contributed by atoms with van der Waals surface area (Å²) in [5, 5.41) is 9.15. The summed E-state index contributed by atoms with van der Waals surface area (Å²) in [6, 6.07) is 7.73. The molecule has 2 aromatic rings. The number of benzene rings is 1. The molecule has 1 fully saturated rings. The number of urea groups is 1. The van der Waals surface area contributed by atoms with E-state index in [0.29, 0.717) is 25.6 Å². The normalized spacial score (nSPS) is 20.1. The molecule has 0 bridgehead atoms. The first kappa shape index (κ1) is 21.5. The van der Waals surface area contributed by atoms with Gasteiger partial charge in [0, 0.05) is 36.4 Å². The summed E-state index contributed by atoms with van der Waals surface area (Å²) in [5.74, 6) is 1.73. The molecule has 2 aliphatic rings. The van der Waals surface area contributed by atoms with Gasteiger partial charge in [0.2, 0.25) is 0 Å². The first-order chi connectivity index (χ1) is 14.9. The smallest absolute Gasteiger partial charge is 0.319 e. The summed E-state index contributed by atoms with van der Waals surface area (Å²) in [6.07, 6.45) is 0.911. The van der Waals surface area contributed by atoms with Crippen LogP contribution < -0.4 is 20.9 Å². The zero-order valence-electron chi connectivity index (χ0n) is 18.8. The Morgan fingerprint density at radius 3 is 2.77 bits per heavy atom. The van der Waals surface area contributed by atoms with Crippen LogP contribution in [-0.2, 0) is 16.7 Å². The van der Waals surface area contributed by atoms with Gasteiger partial charge in [0.1, 0.15) is 5.82 Å². The molecule has 1 aromatic heterocycles. The number of carbonyl (C=O) groups excluding carboxylic acids is 1. The number of morpholine rings is 1. The van der Waals surface area contributed by atoms with Crippen molar-refractivity contribution in [3.63, 3.8) is 0 Å². The highest BCUT2D eigenvalue weighted by Crippen LogP contribution is 2.35. The van der Waals surface area contributed by atoms with Crippen molar-refractivity contribution < 1.29 is 9.53 Å². The number of aromatic nitrogens is 2. The van der Waals surface area contributed by atoms with E-state index in [0.717, 1.165) is 42.3 Å². The number of fused-ring (bicyclic) bond motifs is 1. The van der Waals surface area contributed by atoms with E-state index in [1.165, 1.54) is 5.56 Å². The van der Waals surface area contributed by atoms with Crippen LogP contribution in [0.15, 0.2) is 24.3 Å². The van der Waals surface area contributed by atoms with Gasteiger partial charge in [-0.05, 0) is 58.4 Å². The lowest BCUT2D eigenvalue weighted by Gasteiger charge is -2.39. The van der Waals surface area contributed by atoms with Crippen LogP contribution in [0.4, 0.5) is 16.3 Å². The fraction of sp³-hybridized carbons (Fsp3) is 0.522. The third-order valence-electron chi connectivity index (χ3n) is 5.90. The minimum absolute atomic E-state index is 0.211. The fourth-order valence-corrected chi connectivity index (χ4v) is 4.25. The van der Waals surface area contributed by atoms with Crippen molar-refractivity contribution in [1.82, 2.24) is 20.6 Å². The Labute approximate surface area is 183 Å². The molecular formula is C23H32N6O2. The van der Waals surface area contributed by atoms with Crippen LogP contribution in [0.1, 0.15) is 39.0 Å². The quantitative estimate of drug-likeness (QED) is 0.699. The summed E-state index contributed by atoms with van der Waals surface area (Å²) in [7, 11) is 0. The number of rotatable bonds is 4. The predicted octanol–water partition coefficient (Wildman–Crippen LogP) is 2.89. The molecule has 0 aliphatic carbocycles. The molecule has 1 aromatic carbocycles. The van der Waals surface area contributed by atoms with Crippen molar-refractivity contribution in [2.75, 3.05) is 43.1 Å². The molecule has 0 spiro atoms. The van der Waals surface area contributed by atoms with Crippen LogP contribution in [0, 0.1) is 0 Å². The zero-order chi connectivity index (χ0) is 22.0. The van der Waals surface area contributed by atoms with E-state index in [1.807, 2.05) is 31.2 Å². The van der Waals surface area contributed by atoms with E-state index in [9.17, 15) is 4.79 Å². The number of ether oxygens (including phenoxy) is 1. The molecule has 2 amide bonds. The van der Waals surface area contributed by atoms with Crippen LogP contribution in [0.2, 0.25) is 0 Å². The summed E-state index contributed by atoms with van der Waals surface area (Å²) < 4.78 is 5.66. The molecular weight excluding hydrogens is 392 g/mol. The first-order valence-corrected chi connectivity index (χ1v) is 11.0. The summed E-state index contributed by atoms with van der Waals surface area (Å²) in [5.41, 5.74) is 3.72. The molecule has 8 heteroatoms. The maximum Gasteiger partial charge on any atom is 0.319 e. The minimum atomic E-state index is -0.227. The van der Waals surface area contributed by atoms with Gasteiger partial charge in [-0.2, -0.15) is 0 Å². The monoisotopic (exact) mass is 424 g/mol. The Kier molecular flexibility index (Phi) is 6.11. The van der Waals surface area contributed by atoms with Gasteiger partial charge in [-0.1, -0.05) is 0 Å². The van der Waals surface area contributed by atoms with E-state index in [2.05, 4.69) is 41.6 Å². The number of nitrogens with one attached hydrogen (secondary N) is 3. The molecule has 2 aliphatic heterocycles. The van der Waals surface area contributed by atoms with Gasteiger partial charge in [-0.3, -0.25) is 0 Å². The highest BCUT2D eigenvalue weighted by atomic mass is 16.5. The molecule has 0 saturated carbocycles. The second-order valence-corrected chi connectivity index (χ2v) is 8.68. The average molecular weight is 425 g/mol. The highest BCUT2D eigenvalue weighted by molar-refractivity contribution is 5.89. The standard InChI is InChI=1S/C23H32N6O2/c1-5-24-22(30)26-17-8-6-16(7-9-17)20-27-19-18(10-11-25-23(19,3)4)21(28-20)29-12-13-31-14-15(29)2/h6-9,15,25H,5,10-14H2,1-4H3,(H2,24,26,30). The fourth-order valence-electron chi connectivity index (χ4n) is 4.25. The lowest BCUT2D eigenvalue weighted by atomic mass is 9.89. The predicted molar refractivity (Wildman–Crippen MR) is 123 cm³/mol. The summed E-state index contributed by atoms with van der Waals surface area (Å²) >= 11 is 0. The van der Waals surface area contributed by atoms with Gasteiger partial charge < -0.3 is 25.6 Å². The molecule has 166 valence electrons. The third kappa shape index (κ3) is 4.50. The Morgan fingerprint density at radius 1 is 1.29 bits per heavy atom. The first-order valence-electron chi connectivity index (χ1n) is 11.0. The van der Waals surface area contributed by atoms with Crippen molar-refractivity contribution in [3.05, 3.63) is 35.5 Å². The van der Waals surface area contributed by atoms with Crippen LogP contribution in [0.5, 0.6) is 0 Å². The highest BCUT2D eigenvalue weighted by Gasteiger charge is 2.34.